The molecule has 0 heterocycles. The van der Waals surface area contributed by atoms with Gasteiger partial charge in [-0.25, -0.2) is 4.18 Å². The molecule has 0 aliphatic carbocycles. The summed E-state index contributed by atoms with van der Waals surface area (Å²) >= 11 is 0. The molecule has 0 amide bonds. The summed E-state index contributed by atoms with van der Waals surface area (Å²) in [6.45, 7) is 3.25. The van der Waals surface area contributed by atoms with E-state index in [1.54, 1.807) is 0 Å². The zero-order chi connectivity index (χ0) is 16.4. The van der Waals surface area contributed by atoms with Gasteiger partial charge in [-0.2, -0.15) is 34.8 Å². The summed E-state index contributed by atoms with van der Waals surface area (Å²) in [5.41, 5.74) is -4.71. The van der Waals surface area contributed by atoms with Gasteiger partial charge in [-0.05, 0) is 19.3 Å². The molecule has 0 saturated heterocycles. The second-order valence-corrected chi connectivity index (χ2v) is 6.01. The lowest BCUT2D eigenvalue weighted by molar-refractivity contribution is -0.357. The lowest BCUT2D eigenvalue weighted by Gasteiger charge is -2.36. The molecular weight excluding hydrogens is 314 g/mol. The second-order valence-electron chi connectivity index (χ2n) is 4.19. The molecule has 3 nitrogen and oxygen atoms in total. The maximum atomic E-state index is 12.8. The standard InChI is InChI=1S/C10H16F6O3S/c1-4-7(5-2)20(17,18)19-8(6-3,9(11,12)13)10(14,15)16/h7H,4-6H2,1-3H3. The van der Waals surface area contributed by atoms with Crippen LogP contribution in [0.5, 0.6) is 0 Å². The normalized spacial score (nSPS) is 14.9. The molecular formula is C10H16F6O3S. The molecule has 0 atom stereocenters. The summed E-state index contributed by atoms with van der Waals surface area (Å²) in [6, 6.07) is 0. The number of rotatable bonds is 6. The van der Waals surface area contributed by atoms with Gasteiger partial charge < -0.3 is 0 Å². The van der Waals surface area contributed by atoms with Crippen LogP contribution in [0.25, 0.3) is 0 Å². The van der Waals surface area contributed by atoms with E-state index in [0.29, 0.717) is 6.92 Å². The zero-order valence-electron chi connectivity index (χ0n) is 11.1. The van der Waals surface area contributed by atoms with E-state index >= 15 is 0 Å². The Kier molecular flexibility index (Phi) is 5.93. The number of hydrogen-bond donors (Lipinski definition) is 0. The van der Waals surface area contributed by atoms with Gasteiger partial charge in [0.25, 0.3) is 15.7 Å². The average molecular weight is 330 g/mol. The van der Waals surface area contributed by atoms with Gasteiger partial charge in [0.15, 0.2) is 0 Å². The summed E-state index contributed by atoms with van der Waals surface area (Å²) in [7, 11) is -5.00. The van der Waals surface area contributed by atoms with Crippen LogP contribution >= 0.6 is 0 Å². The molecule has 0 spiro atoms. The maximum absolute atomic E-state index is 12.8. The van der Waals surface area contributed by atoms with E-state index in [2.05, 4.69) is 4.18 Å². The Morgan fingerprint density at radius 1 is 0.900 bits per heavy atom. The minimum atomic E-state index is -5.89. The average Bonchev–Trinajstić information content (AvgIpc) is 2.23. The summed E-state index contributed by atoms with van der Waals surface area (Å²) < 4.78 is 104. The molecule has 122 valence electrons. The number of alkyl halides is 6. The highest BCUT2D eigenvalue weighted by Crippen LogP contribution is 2.49. The summed E-state index contributed by atoms with van der Waals surface area (Å²) in [6.07, 6.45) is -13.7. The Hall–Kier alpha value is -0.510. The van der Waals surface area contributed by atoms with E-state index in [0.717, 1.165) is 0 Å². The van der Waals surface area contributed by atoms with Crippen molar-refractivity contribution >= 4 is 10.1 Å². The van der Waals surface area contributed by atoms with Gasteiger partial charge in [-0.1, -0.05) is 20.8 Å². The molecule has 0 aliphatic rings. The van der Waals surface area contributed by atoms with Crippen molar-refractivity contribution in [3.05, 3.63) is 0 Å². The van der Waals surface area contributed by atoms with Crippen LogP contribution in [0, 0.1) is 0 Å². The highest BCUT2D eigenvalue weighted by Gasteiger charge is 2.73. The van der Waals surface area contributed by atoms with Crippen molar-refractivity contribution in [2.45, 2.75) is 63.2 Å². The third-order valence-corrected chi connectivity index (χ3v) is 4.99. The molecule has 0 saturated carbocycles. The quantitative estimate of drug-likeness (QED) is 0.550. The fraction of sp³-hybridized carbons (Fsp3) is 1.00. The van der Waals surface area contributed by atoms with Gasteiger partial charge >= 0.3 is 12.4 Å². The second kappa shape index (κ2) is 6.08. The molecule has 10 heteroatoms. The van der Waals surface area contributed by atoms with Crippen LogP contribution in [0.2, 0.25) is 0 Å². The fourth-order valence-corrected chi connectivity index (χ4v) is 3.33. The lowest BCUT2D eigenvalue weighted by atomic mass is 10.00. The number of halogens is 6. The Morgan fingerprint density at radius 2 is 1.25 bits per heavy atom. The molecule has 0 aromatic heterocycles. The largest absolute Gasteiger partial charge is 0.427 e. The molecule has 0 aromatic rings. The van der Waals surface area contributed by atoms with E-state index in [4.69, 9.17) is 0 Å². The van der Waals surface area contributed by atoms with E-state index < -0.39 is 39.7 Å². The van der Waals surface area contributed by atoms with Gasteiger partial charge in [0.1, 0.15) is 0 Å². The van der Waals surface area contributed by atoms with Crippen LogP contribution in [-0.2, 0) is 14.3 Å². The monoisotopic (exact) mass is 330 g/mol. The third kappa shape index (κ3) is 3.57. The van der Waals surface area contributed by atoms with Crippen molar-refractivity contribution < 1.29 is 38.9 Å². The Balaban J connectivity index is 5.86. The predicted molar refractivity (Wildman–Crippen MR) is 59.5 cm³/mol. The SMILES string of the molecule is CCC(CC)S(=O)(=O)OC(CC)(C(F)(F)F)C(F)(F)F. The van der Waals surface area contributed by atoms with Crippen LogP contribution in [-0.4, -0.2) is 31.6 Å². The molecule has 0 rings (SSSR count). The van der Waals surface area contributed by atoms with Crippen LogP contribution in [0.3, 0.4) is 0 Å². The van der Waals surface area contributed by atoms with Gasteiger partial charge in [0, 0.05) is 0 Å². The highest BCUT2D eigenvalue weighted by molar-refractivity contribution is 7.87. The Bertz CT molecular complexity index is 394. The first kappa shape index (κ1) is 19.5. The molecule has 20 heavy (non-hydrogen) atoms. The minimum Gasteiger partial charge on any atom is -0.244 e. The molecule has 0 bridgehead atoms. The fourth-order valence-electron chi connectivity index (χ4n) is 1.68. The summed E-state index contributed by atoms with van der Waals surface area (Å²) in [4.78, 5) is 0. The molecule has 0 fully saturated rings. The van der Waals surface area contributed by atoms with Crippen LogP contribution in [0.4, 0.5) is 26.3 Å². The van der Waals surface area contributed by atoms with Gasteiger partial charge in [-0.15, -0.1) is 0 Å². The first-order valence-electron chi connectivity index (χ1n) is 5.87. The maximum Gasteiger partial charge on any atom is 0.427 e. The Labute approximate surface area is 113 Å². The smallest absolute Gasteiger partial charge is 0.244 e. The van der Waals surface area contributed by atoms with Crippen LogP contribution in [0.15, 0.2) is 0 Å². The van der Waals surface area contributed by atoms with Crippen LogP contribution in [0.1, 0.15) is 40.0 Å². The van der Waals surface area contributed by atoms with E-state index in [1.807, 2.05) is 0 Å². The van der Waals surface area contributed by atoms with Gasteiger partial charge in [-0.3, -0.25) is 0 Å². The van der Waals surface area contributed by atoms with Crippen molar-refractivity contribution in [3.63, 3.8) is 0 Å². The molecule has 0 N–H and O–H groups in total. The highest BCUT2D eigenvalue weighted by atomic mass is 32.2. The Morgan fingerprint density at radius 3 is 1.45 bits per heavy atom. The topological polar surface area (TPSA) is 43.4 Å². The van der Waals surface area contributed by atoms with Crippen LogP contribution < -0.4 is 0 Å². The first-order chi connectivity index (χ1) is 8.79. The lowest BCUT2D eigenvalue weighted by Crippen LogP contribution is -2.59. The van der Waals surface area contributed by atoms with Gasteiger partial charge in [0.05, 0.1) is 5.25 Å². The van der Waals surface area contributed by atoms with Crippen molar-refractivity contribution in [1.29, 1.82) is 0 Å². The molecule has 0 radical (unpaired) electrons. The summed E-state index contributed by atoms with van der Waals surface area (Å²) in [5.74, 6) is 0. The number of hydrogen-bond acceptors (Lipinski definition) is 3. The summed E-state index contributed by atoms with van der Waals surface area (Å²) in [5, 5.41) is -1.42. The van der Waals surface area contributed by atoms with E-state index in [1.165, 1.54) is 13.8 Å². The van der Waals surface area contributed by atoms with Crippen molar-refractivity contribution in [2.24, 2.45) is 0 Å². The van der Waals surface area contributed by atoms with Crippen molar-refractivity contribution in [1.82, 2.24) is 0 Å². The predicted octanol–water partition coefficient (Wildman–Crippen LogP) is 3.79. The van der Waals surface area contributed by atoms with Gasteiger partial charge in [0.2, 0.25) is 0 Å². The van der Waals surface area contributed by atoms with E-state index in [9.17, 15) is 34.8 Å². The van der Waals surface area contributed by atoms with E-state index in [-0.39, 0.29) is 12.8 Å². The zero-order valence-corrected chi connectivity index (χ0v) is 11.9. The minimum absolute atomic E-state index is 0.145. The van der Waals surface area contributed by atoms with Crippen molar-refractivity contribution in [3.8, 4) is 0 Å². The van der Waals surface area contributed by atoms with Crippen molar-refractivity contribution in [2.75, 3.05) is 0 Å². The molecule has 0 aliphatic heterocycles. The molecule has 0 aromatic carbocycles. The third-order valence-electron chi connectivity index (χ3n) is 2.99. The first-order valence-corrected chi connectivity index (χ1v) is 7.34. The molecule has 0 unspecified atom stereocenters.